The summed E-state index contributed by atoms with van der Waals surface area (Å²) < 4.78 is 33.1. The van der Waals surface area contributed by atoms with Crippen LogP contribution in [0, 0.1) is 13.8 Å². The van der Waals surface area contributed by atoms with E-state index in [1.807, 2.05) is 13.8 Å². The fourth-order valence-corrected chi connectivity index (χ4v) is 5.02. The third-order valence-corrected chi connectivity index (χ3v) is 6.01. The predicted molar refractivity (Wildman–Crippen MR) is 101 cm³/mol. The van der Waals surface area contributed by atoms with E-state index in [4.69, 9.17) is 4.74 Å². The standard InChI is InChI=1S/C17H22N2O4S2/c1-5-18-14-8-7-13(17(20)23-6-2)10-15(14)19-25(21,22)16-9-11(3)24-12(16)4/h7-10,18-19H,5-6H2,1-4H3. The summed E-state index contributed by atoms with van der Waals surface area (Å²) in [5.41, 5.74) is 1.21. The van der Waals surface area contributed by atoms with Crippen molar-refractivity contribution in [3.8, 4) is 0 Å². The molecule has 8 heteroatoms. The number of ether oxygens (including phenoxy) is 1. The lowest BCUT2D eigenvalue weighted by atomic mass is 10.1. The zero-order valence-corrected chi connectivity index (χ0v) is 16.3. The lowest BCUT2D eigenvalue weighted by molar-refractivity contribution is 0.0526. The van der Waals surface area contributed by atoms with Crippen molar-refractivity contribution >= 4 is 38.7 Å². The molecule has 0 radical (unpaired) electrons. The van der Waals surface area contributed by atoms with Crippen LogP contribution >= 0.6 is 11.3 Å². The number of hydrogen-bond acceptors (Lipinski definition) is 6. The Bertz CT molecular complexity index is 873. The quantitative estimate of drug-likeness (QED) is 0.712. The molecule has 0 aliphatic heterocycles. The van der Waals surface area contributed by atoms with Crippen LogP contribution in [-0.2, 0) is 14.8 Å². The molecule has 25 heavy (non-hydrogen) atoms. The fourth-order valence-electron chi connectivity index (χ4n) is 2.39. The molecule has 6 nitrogen and oxygen atoms in total. The number of hydrogen-bond donors (Lipinski definition) is 2. The molecule has 1 aromatic heterocycles. The first-order valence-electron chi connectivity index (χ1n) is 7.93. The van der Waals surface area contributed by atoms with Gasteiger partial charge >= 0.3 is 5.97 Å². The van der Waals surface area contributed by atoms with Crippen LogP contribution in [0.2, 0.25) is 0 Å². The second-order valence-corrected chi connectivity index (χ2v) is 8.51. The van der Waals surface area contributed by atoms with Crippen LogP contribution in [0.15, 0.2) is 29.2 Å². The lowest BCUT2D eigenvalue weighted by Crippen LogP contribution is -2.16. The van der Waals surface area contributed by atoms with Gasteiger partial charge in [0.1, 0.15) is 4.90 Å². The highest BCUT2D eigenvalue weighted by atomic mass is 32.2. The van der Waals surface area contributed by atoms with Gasteiger partial charge in [0.15, 0.2) is 0 Å². The van der Waals surface area contributed by atoms with E-state index in [0.29, 0.717) is 23.5 Å². The Labute approximate surface area is 152 Å². The molecule has 2 rings (SSSR count). The number of sulfonamides is 1. The normalized spacial score (nSPS) is 11.2. The van der Waals surface area contributed by atoms with Crippen LogP contribution in [0.3, 0.4) is 0 Å². The van der Waals surface area contributed by atoms with Crippen LogP contribution in [0.25, 0.3) is 0 Å². The third-order valence-electron chi connectivity index (χ3n) is 3.43. The van der Waals surface area contributed by atoms with Gasteiger partial charge in [0, 0.05) is 16.3 Å². The molecule has 0 bridgehead atoms. The molecule has 0 saturated carbocycles. The average molecular weight is 383 g/mol. The Hall–Kier alpha value is -2.06. The summed E-state index contributed by atoms with van der Waals surface area (Å²) in [6.07, 6.45) is 0. The number of anilines is 2. The van der Waals surface area contributed by atoms with Gasteiger partial charge in [0.25, 0.3) is 10.0 Å². The predicted octanol–water partition coefficient (Wildman–Crippen LogP) is 3.77. The number of rotatable bonds is 7. The molecule has 0 saturated heterocycles. The van der Waals surface area contributed by atoms with E-state index in [-0.39, 0.29) is 11.5 Å². The Kier molecular flexibility index (Phi) is 6.07. The molecule has 1 aromatic carbocycles. The average Bonchev–Trinajstić information content (AvgIpc) is 2.88. The van der Waals surface area contributed by atoms with E-state index in [1.165, 1.54) is 17.4 Å². The lowest BCUT2D eigenvalue weighted by Gasteiger charge is -2.14. The zero-order chi connectivity index (χ0) is 18.6. The number of carbonyl (C=O) groups excluding carboxylic acids is 1. The van der Waals surface area contributed by atoms with Crippen molar-refractivity contribution in [2.24, 2.45) is 0 Å². The molecule has 0 atom stereocenters. The molecule has 136 valence electrons. The first-order valence-corrected chi connectivity index (χ1v) is 10.2. The van der Waals surface area contributed by atoms with E-state index in [2.05, 4.69) is 10.0 Å². The minimum Gasteiger partial charge on any atom is -0.462 e. The highest BCUT2D eigenvalue weighted by Crippen LogP contribution is 2.30. The summed E-state index contributed by atoms with van der Waals surface area (Å²) in [5, 5.41) is 3.09. The molecule has 0 spiro atoms. The van der Waals surface area contributed by atoms with E-state index in [9.17, 15) is 13.2 Å². The Morgan fingerprint density at radius 3 is 2.44 bits per heavy atom. The fraction of sp³-hybridized carbons (Fsp3) is 0.353. The van der Waals surface area contributed by atoms with Crippen molar-refractivity contribution in [1.82, 2.24) is 0 Å². The van der Waals surface area contributed by atoms with Crippen LogP contribution in [0.4, 0.5) is 11.4 Å². The summed E-state index contributed by atoms with van der Waals surface area (Å²) in [7, 11) is -3.75. The van der Waals surface area contributed by atoms with Crippen molar-refractivity contribution in [2.75, 3.05) is 23.2 Å². The summed E-state index contributed by atoms with van der Waals surface area (Å²) >= 11 is 1.43. The maximum Gasteiger partial charge on any atom is 0.338 e. The molecule has 2 N–H and O–H groups in total. The number of benzene rings is 1. The Morgan fingerprint density at radius 1 is 1.16 bits per heavy atom. The van der Waals surface area contributed by atoms with Gasteiger partial charge in [-0.2, -0.15) is 0 Å². The molecular weight excluding hydrogens is 360 g/mol. The van der Waals surface area contributed by atoms with E-state index in [0.717, 1.165) is 9.75 Å². The molecule has 1 heterocycles. The highest BCUT2D eigenvalue weighted by Gasteiger charge is 2.21. The van der Waals surface area contributed by atoms with Gasteiger partial charge < -0.3 is 10.1 Å². The number of carbonyl (C=O) groups is 1. The maximum atomic E-state index is 12.8. The van der Waals surface area contributed by atoms with Crippen LogP contribution < -0.4 is 10.0 Å². The number of thiophene rings is 1. The van der Waals surface area contributed by atoms with Gasteiger partial charge in [-0.15, -0.1) is 11.3 Å². The van der Waals surface area contributed by atoms with Crippen molar-refractivity contribution < 1.29 is 17.9 Å². The molecule has 0 aliphatic carbocycles. The van der Waals surface area contributed by atoms with Crippen LogP contribution in [0.5, 0.6) is 0 Å². The summed E-state index contributed by atoms with van der Waals surface area (Å²) in [6.45, 7) is 8.13. The summed E-state index contributed by atoms with van der Waals surface area (Å²) in [4.78, 5) is 13.8. The van der Waals surface area contributed by atoms with Gasteiger partial charge in [-0.3, -0.25) is 4.72 Å². The minimum atomic E-state index is -3.75. The molecule has 2 aromatic rings. The Morgan fingerprint density at radius 2 is 1.88 bits per heavy atom. The first kappa shape index (κ1) is 19.3. The van der Waals surface area contributed by atoms with E-state index < -0.39 is 16.0 Å². The zero-order valence-electron chi connectivity index (χ0n) is 14.7. The number of esters is 1. The second kappa shape index (κ2) is 7.88. The summed E-state index contributed by atoms with van der Waals surface area (Å²) in [6, 6.07) is 6.40. The van der Waals surface area contributed by atoms with Crippen molar-refractivity contribution in [1.29, 1.82) is 0 Å². The van der Waals surface area contributed by atoms with Crippen LogP contribution in [-0.4, -0.2) is 27.5 Å². The van der Waals surface area contributed by atoms with Gasteiger partial charge in [0.05, 0.1) is 23.5 Å². The SMILES string of the molecule is CCNc1ccc(C(=O)OCC)cc1NS(=O)(=O)c1cc(C)sc1C. The van der Waals surface area contributed by atoms with Crippen molar-refractivity contribution in [3.63, 3.8) is 0 Å². The molecule has 0 aliphatic rings. The molecule has 0 amide bonds. The number of aryl methyl sites for hydroxylation is 2. The first-order chi connectivity index (χ1) is 11.8. The van der Waals surface area contributed by atoms with Gasteiger partial charge in [0.2, 0.25) is 0 Å². The van der Waals surface area contributed by atoms with Gasteiger partial charge in [-0.25, -0.2) is 13.2 Å². The monoisotopic (exact) mass is 382 g/mol. The van der Waals surface area contributed by atoms with Crippen molar-refractivity contribution in [2.45, 2.75) is 32.6 Å². The molecular formula is C17H22N2O4S2. The van der Waals surface area contributed by atoms with Crippen molar-refractivity contribution in [3.05, 3.63) is 39.6 Å². The Balaban J connectivity index is 2.43. The van der Waals surface area contributed by atoms with E-state index in [1.54, 1.807) is 32.0 Å². The maximum absolute atomic E-state index is 12.8. The molecule has 0 unspecified atom stereocenters. The van der Waals surface area contributed by atoms with Crippen LogP contribution in [0.1, 0.15) is 34.0 Å². The highest BCUT2D eigenvalue weighted by molar-refractivity contribution is 7.93. The smallest absolute Gasteiger partial charge is 0.338 e. The second-order valence-electron chi connectivity index (χ2n) is 5.39. The van der Waals surface area contributed by atoms with E-state index >= 15 is 0 Å². The van der Waals surface area contributed by atoms with Gasteiger partial charge in [-0.1, -0.05) is 0 Å². The third kappa shape index (κ3) is 4.52. The molecule has 0 fully saturated rings. The largest absolute Gasteiger partial charge is 0.462 e. The number of nitrogens with one attached hydrogen (secondary N) is 2. The minimum absolute atomic E-state index is 0.249. The topological polar surface area (TPSA) is 84.5 Å². The van der Waals surface area contributed by atoms with Gasteiger partial charge in [-0.05, 0) is 52.0 Å². The summed E-state index contributed by atoms with van der Waals surface area (Å²) in [5.74, 6) is -0.492.